The molecular weight excluding hydrogens is 358 g/mol. The lowest BCUT2D eigenvalue weighted by Gasteiger charge is -2.09. The highest BCUT2D eigenvalue weighted by atomic mass is 79.9. The van der Waals surface area contributed by atoms with E-state index in [2.05, 4.69) is 43.7 Å². The van der Waals surface area contributed by atoms with Crippen LogP contribution in [0.3, 0.4) is 0 Å². The number of nitrogens with two attached hydrogens (primary N) is 1. The summed E-state index contributed by atoms with van der Waals surface area (Å²) >= 11 is 8.54. The summed E-state index contributed by atoms with van der Waals surface area (Å²) in [5.41, 5.74) is 8.80. The Balaban J connectivity index is 1.93. The lowest BCUT2D eigenvalue weighted by atomic mass is 10.1. The average Bonchev–Trinajstić information content (AvgIpc) is 2.95. The van der Waals surface area contributed by atoms with Crippen molar-refractivity contribution >= 4 is 33.1 Å². The van der Waals surface area contributed by atoms with Crippen LogP contribution in [0.5, 0.6) is 0 Å². The highest BCUT2D eigenvalue weighted by molar-refractivity contribution is 9.10. The van der Waals surface area contributed by atoms with Gasteiger partial charge in [0.15, 0.2) is 0 Å². The van der Waals surface area contributed by atoms with Crippen LogP contribution in [0, 0.1) is 0 Å². The molecule has 0 aliphatic heterocycles. The molecule has 5 heteroatoms. The highest BCUT2D eigenvalue weighted by Gasteiger charge is 2.07. The molecule has 1 aromatic heterocycles. The minimum atomic E-state index is 0.416. The Morgan fingerprint density at radius 2 is 2.00 bits per heavy atom. The Hall–Kier alpha value is -1.98. The Labute approximate surface area is 142 Å². The maximum Gasteiger partial charge on any atom is 0.140 e. The summed E-state index contributed by atoms with van der Waals surface area (Å²) in [6.07, 6.45) is 3.79. The zero-order chi connectivity index (χ0) is 15.5. The minimum absolute atomic E-state index is 0.416. The topological polar surface area (TPSA) is 43.8 Å². The fraction of sp³-hybridized carbons (Fsp3) is 0.0588. The van der Waals surface area contributed by atoms with Crippen LogP contribution in [0.15, 0.2) is 65.4 Å². The summed E-state index contributed by atoms with van der Waals surface area (Å²) in [5, 5.41) is 0. The molecule has 0 unspecified atom stereocenters. The molecule has 0 amide bonds. The predicted molar refractivity (Wildman–Crippen MR) is 96.8 cm³/mol. The number of hydrogen-bond acceptors (Lipinski definition) is 2. The van der Waals surface area contributed by atoms with E-state index in [0.717, 1.165) is 33.5 Å². The molecule has 2 N–H and O–H groups in total. The molecule has 0 aliphatic carbocycles. The van der Waals surface area contributed by atoms with Gasteiger partial charge in [0.25, 0.3) is 0 Å². The number of aromatic nitrogens is 2. The third-order valence-corrected chi connectivity index (χ3v) is 4.09. The van der Waals surface area contributed by atoms with Crippen molar-refractivity contribution in [1.82, 2.24) is 9.55 Å². The van der Waals surface area contributed by atoms with Crippen molar-refractivity contribution in [2.24, 2.45) is 5.73 Å². The smallest absolute Gasteiger partial charge is 0.140 e. The van der Waals surface area contributed by atoms with Crippen LogP contribution in [0.25, 0.3) is 11.4 Å². The van der Waals surface area contributed by atoms with Crippen LogP contribution in [-0.4, -0.2) is 14.5 Å². The van der Waals surface area contributed by atoms with Crippen LogP contribution < -0.4 is 5.73 Å². The molecule has 0 atom stereocenters. The molecule has 0 bridgehead atoms. The lowest BCUT2D eigenvalue weighted by Crippen LogP contribution is -2.10. The summed E-state index contributed by atoms with van der Waals surface area (Å²) in [4.78, 5) is 4.89. The first-order valence-electron chi connectivity index (χ1n) is 6.79. The third-order valence-electron chi connectivity index (χ3n) is 3.36. The largest absolute Gasteiger partial charge is 0.389 e. The van der Waals surface area contributed by atoms with E-state index in [9.17, 15) is 0 Å². The van der Waals surface area contributed by atoms with Gasteiger partial charge in [0.05, 0.1) is 0 Å². The van der Waals surface area contributed by atoms with E-state index in [1.165, 1.54) is 0 Å². The quantitative estimate of drug-likeness (QED) is 0.705. The van der Waals surface area contributed by atoms with Gasteiger partial charge in [0, 0.05) is 34.5 Å². The van der Waals surface area contributed by atoms with Gasteiger partial charge in [-0.3, -0.25) is 0 Å². The van der Waals surface area contributed by atoms with E-state index in [-0.39, 0.29) is 0 Å². The van der Waals surface area contributed by atoms with Crippen molar-refractivity contribution in [3.63, 3.8) is 0 Å². The van der Waals surface area contributed by atoms with Gasteiger partial charge in [-0.05, 0) is 23.8 Å². The molecule has 1 heterocycles. The Kier molecular flexibility index (Phi) is 4.36. The molecule has 0 fully saturated rings. The summed E-state index contributed by atoms with van der Waals surface area (Å²) in [6.45, 7) is 0.721. The van der Waals surface area contributed by atoms with Crippen molar-refractivity contribution in [2.75, 3.05) is 0 Å². The molecule has 0 saturated heterocycles. The van der Waals surface area contributed by atoms with Crippen LogP contribution in [0.1, 0.15) is 11.1 Å². The molecule has 2 aromatic carbocycles. The normalized spacial score (nSPS) is 10.6. The van der Waals surface area contributed by atoms with Crippen molar-refractivity contribution in [2.45, 2.75) is 6.54 Å². The van der Waals surface area contributed by atoms with Crippen LogP contribution in [0.4, 0.5) is 0 Å². The fourth-order valence-electron chi connectivity index (χ4n) is 2.34. The molecule has 3 nitrogen and oxygen atoms in total. The van der Waals surface area contributed by atoms with E-state index < -0.39 is 0 Å². The van der Waals surface area contributed by atoms with E-state index in [1.54, 1.807) is 0 Å². The molecule has 0 radical (unpaired) electrons. The van der Waals surface area contributed by atoms with Gasteiger partial charge < -0.3 is 10.3 Å². The zero-order valence-corrected chi connectivity index (χ0v) is 14.1. The number of nitrogens with zero attached hydrogens (tertiary/aromatic N) is 2. The molecule has 3 rings (SSSR count). The van der Waals surface area contributed by atoms with E-state index in [1.807, 2.05) is 42.7 Å². The van der Waals surface area contributed by atoms with Crippen molar-refractivity contribution < 1.29 is 0 Å². The fourth-order valence-corrected chi connectivity index (χ4v) is 2.87. The molecular formula is C17H14BrN3S. The number of thiocarbonyl (C=S) groups is 1. The lowest BCUT2D eigenvalue weighted by molar-refractivity contribution is 0.807. The number of halogens is 1. The SMILES string of the molecule is NC(=S)c1cccc(Cn2ccnc2-c2cccc(Br)c2)c1. The van der Waals surface area contributed by atoms with E-state index in [0.29, 0.717) is 4.99 Å². The Morgan fingerprint density at radius 1 is 1.18 bits per heavy atom. The van der Waals surface area contributed by atoms with Crippen molar-refractivity contribution in [3.05, 3.63) is 76.5 Å². The molecule has 0 saturated carbocycles. The first-order valence-corrected chi connectivity index (χ1v) is 7.99. The second-order valence-corrected chi connectivity index (χ2v) is 6.31. The number of hydrogen-bond donors (Lipinski definition) is 1. The van der Waals surface area contributed by atoms with E-state index >= 15 is 0 Å². The van der Waals surface area contributed by atoms with Crippen LogP contribution >= 0.6 is 28.1 Å². The van der Waals surface area contributed by atoms with Gasteiger partial charge in [-0.2, -0.15) is 0 Å². The number of benzene rings is 2. The van der Waals surface area contributed by atoms with E-state index in [4.69, 9.17) is 18.0 Å². The Bertz CT molecular complexity index is 826. The second kappa shape index (κ2) is 6.42. The van der Waals surface area contributed by atoms with Crippen molar-refractivity contribution in [1.29, 1.82) is 0 Å². The summed E-state index contributed by atoms with van der Waals surface area (Å²) < 4.78 is 3.15. The molecule has 0 spiro atoms. The molecule has 22 heavy (non-hydrogen) atoms. The minimum Gasteiger partial charge on any atom is -0.389 e. The number of imidazole rings is 1. The van der Waals surface area contributed by atoms with Gasteiger partial charge >= 0.3 is 0 Å². The van der Waals surface area contributed by atoms with Crippen LogP contribution in [0.2, 0.25) is 0 Å². The third kappa shape index (κ3) is 3.26. The van der Waals surface area contributed by atoms with Gasteiger partial charge in [0.1, 0.15) is 10.8 Å². The molecule has 110 valence electrons. The Morgan fingerprint density at radius 3 is 2.77 bits per heavy atom. The number of rotatable bonds is 4. The summed E-state index contributed by atoms with van der Waals surface area (Å²) in [7, 11) is 0. The second-order valence-electron chi connectivity index (χ2n) is 4.95. The first kappa shape index (κ1) is 14.9. The standard InChI is InChI=1S/C17H14BrN3S/c18-15-6-2-5-14(10-15)17-20-7-8-21(17)11-12-3-1-4-13(9-12)16(19)22/h1-10H,11H2,(H2,19,22). The maximum absolute atomic E-state index is 5.70. The van der Waals surface area contributed by atoms with Gasteiger partial charge in [-0.25, -0.2) is 4.98 Å². The average molecular weight is 372 g/mol. The van der Waals surface area contributed by atoms with Gasteiger partial charge in [-0.1, -0.05) is 58.5 Å². The predicted octanol–water partition coefficient (Wildman–Crippen LogP) is 4.00. The monoisotopic (exact) mass is 371 g/mol. The van der Waals surface area contributed by atoms with Gasteiger partial charge in [0.2, 0.25) is 0 Å². The summed E-state index contributed by atoms with van der Waals surface area (Å²) in [5.74, 6) is 0.932. The first-order chi connectivity index (χ1) is 10.6. The van der Waals surface area contributed by atoms with Crippen LogP contribution in [-0.2, 0) is 6.54 Å². The maximum atomic E-state index is 5.70. The van der Waals surface area contributed by atoms with Gasteiger partial charge in [-0.15, -0.1) is 0 Å². The molecule has 3 aromatic rings. The molecule has 0 aliphatic rings. The highest BCUT2D eigenvalue weighted by Crippen LogP contribution is 2.22. The zero-order valence-electron chi connectivity index (χ0n) is 11.7. The summed E-state index contributed by atoms with van der Waals surface area (Å²) in [6, 6.07) is 16.1. The van der Waals surface area contributed by atoms with Crippen molar-refractivity contribution in [3.8, 4) is 11.4 Å².